The van der Waals surface area contributed by atoms with Gasteiger partial charge in [-0.3, -0.25) is 0 Å². The van der Waals surface area contributed by atoms with Crippen LogP contribution in [0.25, 0.3) is 11.3 Å². The minimum Gasteiger partial charge on any atom is -0.393 e. The van der Waals surface area contributed by atoms with E-state index < -0.39 is 17.8 Å². The molecule has 1 heterocycles. The summed E-state index contributed by atoms with van der Waals surface area (Å²) in [5.74, 6) is 0.311. The zero-order valence-electron chi connectivity index (χ0n) is 15.5. The molecule has 2 aromatic carbocycles. The van der Waals surface area contributed by atoms with Crippen molar-refractivity contribution >= 4 is 34.7 Å². The van der Waals surface area contributed by atoms with Crippen LogP contribution < -0.4 is 5.32 Å². The Bertz CT molecular complexity index is 1090. The summed E-state index contributed by atoms with van der Waals surface area (Å²) in [4.78, 5) is 8.31. The molecule has 0 saturated heterocycles. The molecule has 0 spiro atoms. The highest BCUT2D eigenvalue weighted by atomic mass is 35.5. The Morgan fingerprint density at radius 2 is 1.73 bits per heavy atom. The average molecular weight is 454 g/mol. The van der Waals surface area contributed by atoms with Gasteiger partial charge in [0, 0.05) is 22.7 Å². The van der Waals surface area contributed by atoms with E-state index in [2.05, 4.69) is 15.3 Å². The standard InChI is InChI=1S/C21H16Cl2F3N3O/c22-16-7-8-17(15-9-13(30)5-6-14(15)16)29-20-18(23)19(27-10-28-20)11-1-3-12(4-2-11)21(24,25)26/h1-4,7-8,10,13,30H,5-6,9H2,(H,27,28,29)/t13-/m0/s1. The van der Waals surface area contributed by atoms with Crippen molar-refractivity contribution in [1.29, 1.82) is 0 Å². The molecular formula is C21H16Cl2F3N3O. The van der Waals surface area contributed by atoms with E-state index in [0.717, 1.165) is 23.3 Å². The molecule has 3 aromatic rings. The van der Waals surface area contributed by atoms with Crippen molar-refractivity contribution in [3.05, 3.63) is 69.5 Å². The summed E-state index contributed by atoms with van der Waals surface area (Å²) >= 11 is 12.8. The number of aliphatic hydroxyl groups is 1. The third-order valence-electron chi connectivity index (χ3n) is 5.07. The summed E-state index contributed by atoms with van der Waals surface area (Å²) in [6.07, 6.45) is -1.83. The van der Waals surface area contributed by atoms with Crippen molar-refractivity contribution in [3.8, 4) is 11.3 Å². The second-order valence-electron chi connectivity index (χ2n) is 7.03. The first-order chi connectivity index (χ1) is 14.2. The van der Waals surface area contributed by atoms with Crippen LogP contribution in [-0.4, -0.2) is 21.2 Å². The van der Waals surface area contributed by atoms with E-state index in [0.29, 0.717) is 47.0 Å². The maximum atomic E-state index is 12.8. The van der Waals surface area contributed by atoms with Crippen LogP contribution in [0.15, 0.2) is 42.7 Å². The fraction of sp³-hybridized carbons (Fsp3) is 0.238. The predicted molar refractivity (Wildman–Crippen MR) is 110 cm³/mol. The lowest BCUT2D eigenvalue weighted by atomic mass is 9.88. The van der Waals surface area contributed by atoms with Gasteiger partial charge in [-0.05, 0) is 48.2 Å². The minimum absolute atomic E-state index is 0.178. The molecule has 0 bridgehead atoms. The molecule has 0 aliphatic heterocycles. The number of aliphatic hydroxyl groups excluding tert-OH is 1. The number of fused-ring (bicyclic) bond motifs is 1. The monoisotopic (exact) mass is 453 g/mol. The molecule has 0 unspecified atom stereocenters. The summed E-state index contributed by atoms with van der Waals surface area (Å²) in [6, 6.07) is 8.17. The highest BCUT2D eigenvalue weighted by molar-refractivity contribution is 6.35. The number of nitrogens with one attached hydrogen (secondary N) is 1. The third-order valence-corrected chi connectivity index (χ3v) is 5.78. The maximum absolute atomic E-state index is 12.8. The van der Waals surface area contributed by atoms with Gasteiger partial charge in [-0.1, -0.05) is 35.3 Å². The smallest absolute Gasteiger partial charge is 0.393 e. The minimum atomic E-state index is -4.42. The van der Waals surface area contributed by atoms with E-state index in [1.807, 2.05) is 0 Å². The highest BCUT2D eigenvalue weighted by Crippen LogP contribution is 2.38. The number of hydrogen-bond acceptors (Lipinski definition) is 4. The predicted octanol–water partition coefficient (Wildman–Crippen LogP) is 6.06. The van der Waals surface area contributed by atoms with E-state index in [4.69, 9.17) is 23.2 Å². The van der Waals surface area contributed by atoms with Crippen LogP contribution in [0.2, 0.25) is 10.0 Å². The molecule has 1 aliphatic carbocycles. The maximum Gasteiger partial charge on any atom is 0.416 e. The van der Waals surface area contributed by atoms with Crippen molar-refractivity contribution in [2.45, 2.75) is 31.5 Å². The Morgan fingerprint density at radius 1 is 1.00 bits per heavy atom. The lowest BCUT2D eigenvalue weighted by Crippen LogP contribution is -2.20. The fourth-order valence-electron chi connectivity index (χ4n) is 3.54. The number of alkyl halides is 3. The van der Waals surface area contributed by atoms with Crippen LogP contribution in [0.3, 0.4) is 0 Å². The summed E-state index contributed by atoms with van der Waals surface area (Å²) in [5, 5.41) is 14.0. The second-order valence-corrected chi connectivity index (χ2v) is 7.82. The van der Waals surface area contributed by atoms with Gasteiger partial charge in [-0.15, -0.1) is 0 Å². The van der Waals surface area contributed by atoms with Gasteiger partial charge in [0.25, 0.3) is 0 Å². The van der Waals surface area contributed by atoms with Crippen molar-refractivity contribution in [3.63, 3.8) is 0 Å². The number of anilines is 2. The molecule has 1 aliphatic rings. The molecule has 1 aromatic heterocycles. The Balaban J connectivity index is 1.68. The number of benzene rings is 2. The van der Waals surface area contributed by atoms with Gasteiger partial charge in [0.15, 0.2) is 5.82 Å². The van der Waals surface area contributed by atoms with Crippen LogP contribution in [-0.2, 0) is 19.0 Å². The topological polar surface area (TPSA) is 58.0 Å². The Morgan fingerprint density at radius 3 is 2.43 bits per heavy atom. The lowest BCUT2D eigenvalue weighted by molar-refractivity contribution is -0.137. The summed E-state index contributed by atoms with van der Waals surface area (Å²) in [5.41, 5.74) is 2.58. The van der Waals surface area contributed by atoms with Gasteiger partial charge in [-0.25, -0.2) is 9.97 Å². The molecule has 30 heavy (non-hydrogen) atoms. The Kier molecular flexibility index (Phi) is 5.61. The molecule has 0 fully saturated rings. The molecule has 9 heteroatoms. The number of halogens is 5. The van der Waals surface area contributed by atoms with Crippen LogP contribution in [0, 0.1) is 0 Å². The zero-order chi connectivity index (χ0) is 21.5. The van der Waals surface area contributed by atoms with E-state index in [9.17, 15) is 18.3 Å². The molecule has 0 saturated carbocycles. The average Bonchev–Trinajstić information content (AvgIpc) is 2.71. The van der Waals surface area contributed by atoms with Crippen molar-refractivity contribution in [2.75, 3.05) is 5.32 Å². The molecule has 4 rings (SSSR count). The van der Waals surface area contributed by atoms with Gasteiger partial charge < -0.3 is 10.4 Å². The van der Waals surface area contributed by atoms with Crippen molar-refractivity contribution in [2.24, 2.45) is 0 Å². The van der Waals surface area contributed by atoms with Gasteiger partial charge in [0.05, 0.1) is 17.4 Å². The van der Waals surface area contributed by atoms with Gasteiger partial charge >= 0.3 is 6.18 Å². The van der Waals surface area contributed by atoms with Gasteiger partial charge in [0.1, 0.15) is 11.3 Å². The van der Waals surface area contributed by atoms with E-state index in [-0.39, 0.29) is 5.02 Å². The Labute approximate surface area is 180 Å². The van der Waals surface area contributed by atoms with Crippen LogP contribution >= 0.6 is 23.2 Å². The molecular weight excluding hydrogens is 438 g/mol. The first-order valence-corrected chi connectivity index (χ1v) is 9.93. The number of aromatic nitrogens is 2. The summed E-state index contributed by atoms with van der Waals surface area (Å²) in [7, 11) is 0. The van der Waals surface area contributed by atoms with Crippen molar-refractivity contribution in [1.82, 2.24) is 9.97 Å². The fourth-order valence-corrected chi connectivity index (χ4v) is 4.06. The number of rotatable bonds is 3. The van der Waals surface area contributed by atoms with E-state index in [1.54, 1.807) is 12.1 Å². The molecule has 0 amide bonds. The largest absolute Gasteiger partial charge is 0.416 e. The van der Waals surface area contributed by atoms with Crippen LogP contribution in [0.4, 0.5) is 24.7 Å². The van der Waals surface area contributed by atoms with E-state index >= 15 is 0 Å². The number of hydrogen-bond donors (Lipinski definition) is 2. The number of nitrogens with zero attached hydrogens (tertiary/aromatic N) is 2. The molecule has 156 valence electrons. The first-order valence-electron chi connectivity index (χ1n) is 9.17. The summed E-state index contributed by atoms with van der Waals surface area (Å²) < 4.78 is 38.4. The molecule has 1 atom stereocenters. The molecule has 4 nitrogen and oxygen atoms in total. The van der Waals surface area contributed by atoms with Crippen LogP contribution in [0.5, 0.6) is 0 Å². The summed E-state index contributed by atoms with van der Waals surface area (Å²) in [6.45, 7) is 0. The molecule has 0 radical (unpaired) electrons. The van der Waals surface area contributed by atoms with E-state index in [1.165, 1.54) is 18.5 Å². The van der Waals surface area contributed by atoms with Crippen molar-refractivity contribution < 1.29 is 18.3 Å². The second kappa shape index (κ2) is 8.06. The van der Waals surface area contributed by atoms with Gasteiger partial charge in [-0.2, -0.15) is 13.2 Å². The third kappa shape index (κ3) is 4.10. The quantitative estimate of drug-likeness (QED) is 0.505. The Hall–Kier alpha value is -2.35. The van der Waals surface area contributed by atoms with Crippen LogP contribution in [0.1, 0.15) is 23.1 Å². The van der Waals surface area contributed by atoms with Gasteiger partial charge in [0.2, 0.25) is 0 Å². The zero-order valence-corrected chi connectivity index (χ0v) is 17.0. The first kappa shape index (κ1) is 20.9. The normalized spacial score (nSPS) is 16.3. The highest BCUT2D eigenvalue weighted by Gasteiger charge is 2.30. The lowest BCUT2D eigenvalue weighted by Gasteiger charge is -2.25. The molecule has 2 N–H and O–H groups in total. The SMILES string of the molecule is O[C@H]1CCc2c(Cl)ccc(Nc3ncnc(-c4ccc(C(F)(F)F)cc4)c3Cl)c2C1.